The van der Waals surface area contributed by atoms with Gasteiger partial charge in [-0.1, -0.05) is 76.1 Å². The molecule has 2 amide bonds. The molecule has 0 aliphatic heterocycles. The smallest absolute Gasteiger partial charge is 0.329 e. The summed E-state index contributed by atoms with van der Waals surface area (Å²) >= 11 is 9.59. The molecule has 3 aromatic rings. The average Bonchev–Trinajstić information content (AvgIpc) is 2.80. The SMILES string of the molecule is C[C@H](NC(=O)C(=O)N/N=C\c1cc(Br)ccc1OCc1ccccc1Cl)c1ccccc1. The Balaban J connectivity index is 1.60. The molecular weight excluding hydrogens is 494 g/mol. The standard InChI is InChI=1S/C24H21BrClN3O3/c1-16(17-7-3-2-4-8-17)28-23(30)24(31)29-27-14-19-13-20(25)11-12-22(19)32-15-18-9-5-6-10-21(18)26/h2-14,16H,15H2,1H3,(H,28,30)(H,29,31)/b27-14-/t16-/m0/s1. The van der Waals surface area contributed by atoms with Crippen LogP contribution in [0.3, 0.4) is 0 Å². The van der Waals surface area contributed by atoms with Crippen LogP contribution in [0.25, 0.3) is 0 Å². The number of nitrogens with one attached hydrogen (secondary N) is 2. The van der Waals surface area contributed by atoms with Gasteiger partial charge < -0.3 is 10.1 Å². The molecule has 0 radical (unpaired) electrons. The molecule has 2 N–H and O–H groups in total. The van der Waals surface area contributed by atoms with E-state index in [1.54, 1.807) is 25.1 Å². The molecule has 0 heterocycles. The van der Waals surface area contributed by atoms with Crippen molar-refractivity contribution in [2.24, 2.45) is 5.10 Å². The van der Waals surface area contributed by atoms with Gasteiger partial charge in [-0.05, 0) is 36.8 Å². The highest BCUT2D eigenvalue weighted by Gasteiger charge is 2.16. The molecule has 0 saturated carbocycles. The minimum atomic E-state index is -0.863. The first-order valence-electron chi connectivity index (χ1n) is 9.78. The summed E-state index contributed by atoms with van der Waals surface area (Å²) in [6.07, 6.45) is 1.42. The number of carbonyl (C=O) groups is 2. The van der Waals surface area contributed by atoms with Crippen LogP contribution in [0.4, 0.5) is 0 Å². The zero-order valence-corrected chi connectivity index (χ0v) is 19.6. The van der Waals surface area contributed by atoms with Crippen molar-refractivity contribution in [2.45, 2.75) is 19.6 Å². The van der Waals surface area contributed by atoms with Crippen molar-refractivity contribution in [1.29, 1.82) is 0 Å². The van der Waals surface area contributed by atoms with E-state index in [1.807, 2.05) is 54.6 Å². The summed E-state index contributed by atoms with van der Waals surface area (Å²) in [7, 11) is 0. The molecule has 3 rings (SSSR count). The van der Waals surface area contributed by atoms with Crippen molar-refractivity contribution in [3.63, 3.8) is 0 Å². The van der Waals surface area contributed by atoms with E-state index in [4.69, 9.17) is 16.3 Å². The Morgan fingerprint density at radius 2 is 1.78 bits per heavy atom. The molecule has 0 aromatic heterocycles. The first-order chi connectivity index (χ1) is 15.4. The van der Waals surface area contributed by atoms with E-state index in [0.717, 1.165) is 15.6 Å². The van der Waals surface area contributed by atoms with E-state index in [-0.39, 0.29) is 12.6 Å². The Morgan fingerprint density at radius 3 is 2.53 bits per heavy atom. The van der Waals surface area contributed by atoms with Gasteiger partial charge >= 0.3 is 11.8 Å². The van der Waals surface area contributed by atoms with Crippen molar-refractivity contribution in [3.8, 4) is 5.75 Å². The molecule has 0 saturated heterocycles. The van der Waals surface area contributed by atoms with Gasteiger partial charge in [-0.25, -0.2) is 5.43 Å². The largest absolute Gasteiger partial charge is 0.488 e. The topological polar surface area (TPSA) is 79.8 Å². The molecule has 32 heavy (non-hydrogen) atoms. The highest BCUT2D eigenvalue weighted by Crippen LogP contribution is 2.24. The fourth-order valence-electron chi connectivity index (χ4n) is 2.82. The van der Waals surface area contributed by atoms with E-state index in [0.29, 0.717) is 16.3 Å². The van der Waals surface area contributed by atoms with Crippen LogP contribution in [-0.2, 0) is 16.2 Å². The molecule has 1 atom stereocenters. The number of rotatable bonds is 7. The lowest BCUT2D eigenvalue weighted by Gasteiger charge is -2.13. The number of hydrazone groups is 1. The lowest BCUT2D eigenvalue weighted by molar-refractivity contribution is -0.139. The number of ether oxygens (including phenoxy) is 1. The molecule has 3 aromatic carbocycles. The Bertz CT molecular complexity index is 1120. The van der Waals surface area contributed by atoms with Gasteiger partial charge in [0.2, 0.25) is 0 Å². The summed E-state index contributed by atoms with van der Waals surface area (Å²) in [6, 6.07) is 21.9. The molecular formula is C24H21BrClN3O3. The lowest BCUT2D eigenvalue weighted by atomic mass is 10.1. The number of amides is 2. The number of carbonyl (C=O) groups excluding carboxylic acids is 2. The van der Waals surface area contributed by atoms with Gasteiger partial charge in [-0.3, -0.25) is 9.59 Å². The predicted octanol–water partition coefficient (Wildman–Crippen LogP) is 5.01. The quantitative estimate of drug-likeness (QED) is 0.264. The maximum Gasteiger partial charge on any atom is 0.329 e. The monoisotopic (exact) mass is 513 g/mol. The molecule has 164 valence electrons. The van der Waals surface area contributed by atoms with E-state index >= 15 is 0 Å². The fourth-order valence-corrected chi connectivity index (χ4v) is 3.39. The molecule has 0 bridgehead atoms. The second kappa shape index (κ2) is 11.5. The number of hydrogen-bond donors (Lipinski definition) is 2. The summed E-state index contributed by atoms with van der Waals surface area (Å²) in [5.41, 5.74) is 4.60. The summed E-state index contributed by atoms with van der Waals surface area (Å²) in [6.45, 7) is 2.07. The van der Waals surface area contributed by atoms with Crippen molar-refractivity contribution >= 4 is 45.6 Å². The van der Waals surface area contributed by atoms with Crippen molar-refractivity contribution in [2.75, 3.05) is 0 Å². The van der Waals surface area contributed by atoms with Crippen LogP contribution < -0.4 is 15.5 Å². The second-order valence-corrected chi connectivity index (χ2v) is 8.19. The third-order valence-corrected chi connectivity index (χ3v) is 5.40. The van der Waals surface area contributed by atoms with Crippen LogP contribution in [0.2, 0.25) is 5.02 Å². The molecule has 0 spiro atoms. The number of hydrogen-bond acceptors (Lipinski definition) is 4. The van der Waals surface area contributed by atoms with Gasteiger partial charge in [0.1, 0.15) is 12.4 Å². The summed E-state index contributed by atoms with van der Waals surface area (Å²) in [4.78, 5) is 24.2. The first-order valence-corrected chi connectivity index (χ1v) is 11.0. The van der Waals surface area contributed by atoms with E-state index in [1.165, 1.54) is 6.21 Å². The maximum absolute atomic E-state index is 12.1. The van der Waals surface area contributed by atoms with Gasteiger partial charge in [0.15, 0.2) is 0 Å². The van der Waals surface area contributed by atoms with Crippen LogP contribution in [0.15, 0.2) is 82.4 Å². The molecule has 8 heteroatoms. The third kappa shape index (κ3) is 6.67. The minimum Gasteiger partial charge on any atom is -0.488 e. The zero-order valence-electron chi connectivity index (χ0n) is 17.2. The minimum absolute atomic E-state index is 0.272. The summed E-state index contributed by atoms with van der Waals surface area (Å²) in [5, 5.41) is 7.16. The van der Waals surface area contributed by atoms with Crippen molar-refractivity contribution in [1.82, 2.24) is 10.7 Å². The number of nitrogens with zero attached hydrogens (tertiary/aromatic N) is 1. The number of benzene rings is 3. The lowest BCUT2D eigenvalue weighted by Crippen LogP contribution is -2.39. The van der Waals surface area contributed by atoms with Crippen LogP contribution >= 0.6 is 27.5 Å². The first kappa shape index (κ1) is 23.5. The van der Waals surface area contributed by atoms with E-state index < -0.39 is 11.8 Å². The molecule has 6 nitrogen and oxygen atoms in total. The van der Waals surface area contributed by atoms with Crippen LogP contribution in [-0.4, -0.2) is 18.0 Å². The van der Waals surface area contributed by atoms with E-state index in [9.17, 15) is 9.59 Å². The van der Waals surface area contributed by atoms with E-state index in [2.05, 4.69) is 31.8 Å². The van der Waals surface area contributed by atoms with Crippen LogP contribution in [0.1, 0.15) is 29.7 Å². The second-order valence-electron chi connectivity index (χ2n) is 6.87. The molecule has 0 fully saturated rings. The normalized spacial score (nSPS) is 11.7. The molecule has 0 aliphatic rings. The van der Waals surface area contributed by atoms with Crippen molar-refractivity contribution < 1.29 is 14.3 Å². The van der Waals surface area contributed by atoms with Gasteiger partial charge in [-0.2, -0.15) is 5.10 Å². The number of halogens is 2. The highest BCUT2D eigenvalue weighted by atomic mass is 79.9. The van der Waals surface area contributed by atoms with Gasteiger partial charge in [0, 0.05) is 20.6 Å². The Kier molecular flexibility index (Phi) is 8.41. The van der Waals surface area contributed by atoms with Gasteiger partial charge in [0.05, 0.1) is 12.3 Å². The Labute approximate surface area is 199 Å². The Hall–Kier alpha value is -3.16. The highest BCUT2D eigenvalue weighted by molar-refractivity contribution is 9.10. The third-order valence-electron chi connectivity index (χ3n) is 4.54. The average molecular weight is 515 g/mol. The van der Waals surface area contributed by atoms with Crippen molar-refractivity contribution in [3.05, 3.63) is 99.0 Å². The maximum atomic E-state index is 12.1. The molecule has 0 aliphatic carbocycles. The summed E-state index contributed by atoms with van der Waals surface area (Å²) in [5.74, 6) is -1.09. The molecule has 0 unspecified atom stereocenters. The predicted molar refractivity (Wildman–Crippen MR) is 129 cm³/mol. The van der Waals surface area contributed by atoms with Gasteiger partial charge in [-0.15, -0.1) is 0 Å². The Morgan fingerprint density at radius 1 is 1.06 bits per heavy atom. The summed E-state index contributed by atoms with van der Waals surface area (Å²) < 4.78 is 6.69. The van der Waals surface area contributed by atoms with Gasteiger partial charge in [0.25, 0.3) is 0 Å². The van der Waals surface area contributed by atoms with Crippen LogP contribution in [0.5, 0.6) is 5.75 Å². The van der Waals surface area contributed by atoms with Crippen LogP contribution in [0, 0.1) is 0 Å². The zero-order chi connectivity index (χ0) is 22.9. The fraction of sp³-hybridized carbons (Fsp3) is 0.125.